The van der Waals surface area contributed by atoms with E-state index in [2.05, 4.69) is 10.3 Å². The number of benzene rings is 2. The number of nitrogens with one attached hydrogen (secondary N) is 1. The van der Waals surface area contributed by atoms with Crippen LogP contribution in [-0.2, 0) is 35.0 Å². The molecule has 1 aromatic heterocycles. The van der Waals surface area contributed by atoms with E-state index in [1.807, 2.05) is 24.3 Å². The molecule has 1 heterocycles. The minimum atomic E-state index is -3.83. The van der Waals surface area contributed by atoms with E-state index < -0.39 is 37.1 Å². The van der Waals surface area contributed by atoms with Gasteiger partial charge in [-0.25, -0.2) is 27.0 Å². The molecule has 3 aromatic rings. The lowest BCUT2D eigenvalue weighted by Gasteiger charge is -2.24. The number of nitrogens with zero attached hydrogens (tertiary/aromatic N) is 2. The lowest BCUT2D eigenvalue weighted by molar-refractivity contribution is -0.124. The van der Waals surface area contributed by atoms with Crippen molar-refractivity contribution in [1.82, 2.24) is 15.2 Å². The number of hydrogen-bond acceptors (Lipinski definition) is 9. The highest BCUT2D eigenvalue weighted by Gasteiger charge is 2.50. The molecule has 11 nitrogen and oxygen atoms in total. The van der Waals surface area contributed by atoms with Gasteiger partial charge in [0.1, 0.15) is 5.01 Å². The average Bonchev–Trinajstić information content (AvgIpc) is 3.63. The zero-order valence-electron chi connectivity index (χ0n) is 22.2. The van der Waals surface area contributed by atoms with Gasteiger partial charge in [0.25, 0.3) is 5.91 Å². The molecule has 1 saturated carbocycles. The highest BCUT2D eigenvalue weighted by Crippen LogP contribution is 2.45. The molecule has 4 rings (SSSR count). The van der Waals surface area contributed by atoms with E-state index in [-0.39, 0.29) is 29.8 Å². The first-order chi connectivity index (χ1) is 18.9. The fourth-order valence-electron chi connectivity index (χ4n) is 4.34. The van der Waals surface area contributed by atoms with Gasteiger partial charge in [0, 0.05) is 32.8 Å². The smallest absolute Gasteiger partial charge is 0.253 e. The molecule has 14 heteroatoms. The largest absolute Gasteiger partial charge is 0.383 e. The SMILES string of the molecule is COCCN(C)C(=O)c1ccc(-c2ccc3nc(C(CC4CC4)(C(=O)NCCS(N)(=O)=O)[SH](=O)=O)sc3c2)cc1. The second kappa shape index (κ2) is 12.3. The minimum absolute atomic E-state index is 0.0641. The summed E-state index contributed by atoms with van der Waals surface area (Å²) in [5, 5.41) is 7.63. The van der Waals surface area contributed by atoms with Crippen molar-refractivity contribution in [3.63, 3.8) is 0 Å². The Morgan fingerprint density at radius 1 is 1.18 bits per heavy atom. The molecule has 40 heavy (non-hydrogen) atoms. The van der Waals surface area contributed by atoms with E-state index >= 15 is 0 Å². The van der Waals surface area contributed by atoms with Gasteiger partial charge in [-0.05, 0) is 47.7 Å². The lowest BCUT2D eigenvalue weighted by Crippen LogP contribution is -2.47. The van der Waals surface area contributed by atoms with Gasteiger partial charge in [0.2, 0.25) is 15.9 Å². The van der Waals surface area contributed by atoms with Gasteiger partial charge in [0.15, 0.2) is 15.5 Å². The molecule has 1 unspecified atom stereocenters. The number of hydrogen-bond donors (Lipinski definition) is 3. The monoisotopic (exact) mass is 608 g/mol. The number of carbonyl (C=O) groups excluding carboxylic acids is 2. The summed E-state index contributed by atoms with van der Waals surface area (Å²) in [5.74, 6) is -1.36. The molecule has 1 aliphatic rings. The number of fused-ring (bicyclic) bond motifs is 1. The van der Waals surface area contributed by atoms with Crippen LogP contribution < -0.4 is 10.5 Å². The first-order valence-corrected chi connectivity index (χ1v) is 16.3. The van der Waals surface area contributed by atoms with E-state index in [0.717, 1.165) is 35.3 Å². The van der Waals surface area contributed by atoms with E-state index in [0.29, 0.717) is 28.9 Å². The summed E-state index contributed by atoms with van der Waals surface area (Å²) < 4.78 is 51.9. The Kier molecular flexibility index (Phi) is 9.25. The molecule has 1 fully saturated rings. The molecule has 0 saturated heterocycles. The van der Waals surface area contributed by atoms with Crippen LogP contribution in [0.1, 0.15) is 34.6 Å². The van der Waals surface area contributed by atoms with E-state index in [1.165, 1.54) is 0 Å². The Hall–Kier alpha value is -2.91. The Labute approximate surface area is 238 Å². The molecule has 0 aliphatic heterocycles. The standard InChI is InChI=1S/C26H32N4O7S3/c1-30(12-13-37-2)23(31)19-7-5-18(6-8-19)20-9-10-21-22(15-20)38-25(29-21)26(39(33)34,16-17-3-4-17)24(32)28-11-14-40(27,35)36/h5-10,15,17,39H,3-4,11-14,16H2,1-2H3,(H,28,32)(H2,27,35,36). The second-order valence-corrected chi connectivity index (χ2v) is 13.9. The number of sulfonamides is 1. The summed E-state index contributed by atoms with van der Waals surface area (Å²) in [4.78, 5) is 32.1. The Morgan fingerprint density at radius 3 is 2.45 bits per heavy atom. The number of methoxy groups -OCH3 is 1. The quantitative estimate of drug-likeness (QED) is 0.247. The number of rotatable bonds is 13. The zero-order valence-corrected chi connectivity index (χ0v) is 24.7. The fourth-order valence-corrected chi connectivity index (χ4v) is 7.05. The van der Waals surface area contributed by atoms with Gasteiger partial charge in [-0.3, -0.25) is 9.59 Å². The Balaban J connectivity index is 1.63. The minimum Gasteiger partial charge on any atom is -0.383 e. The topological polar surface area (TPSA) is 166 Å². The third kappa shape index (κ3) is 6.86. The average molecular weight is 609 g/mol. The van der Waals surface area contributed by atoms with Crippen molar-refractivity contribution in [2.45, 2.75) is 24.0 Å². The highest BCUT2D eigenvalue weighted by molar-refractivity contribution is 7.89. The maximum atomic E-state index is 13.3. The molecule has 2 aromatic carbocycles. The van der Waals surface area contributed by atoms with Crippen molar-refractivity contribution >= 4 is 54.1 Å². The van der Waals surface area contributed by atoms with Crippen LogP contribution in [0.15, 0.2) is 42.5 Å². The van der Waals surface area contributed by atoms with Gasteiger partial charge < -0.3 is 15.0 Å². The molecule has 2 amide bonds. The number of aromatic nitrogens is 1. The molecule has 0 bridgehead atoms. The first kappa shape index (κ1) is 30.1. The number of primary sulfonamides is 1. The molecule has 0 spiro atoms. The summed E-state index contributed by atoms with van der Waals surface area (Å²) >= 11 is 1.13. The lowest BCUT2D eigenvalue weighted by atomic mass is 10.0. The van der Waals surface area contributed by atoms with Crippen LogP contribution >= 0.6 is 11.3 Å². The number of thiol groups is 1. The molecule has 0 radical (unpaired) electrons. The summed E-state index contributed by atoms with van der Waals surface area (Å²) in [5.41, 5.74) is 2.78. The van der Waals surface area contributed by atoms with Crippen molar-refractivity contribution in [3.05, 3.63) is 53.0 Å². The molecular formula is C26H32N4O7S3. The van der Waals surface area contributed by atoms with E-state index in [9.17, 15) is 26.4 Å². The second-order valence-electron chi connectivity index (χ2n) is 9.89. The van der Waals surface area contributed by atoms with Crippen LogP contribution in [0.4, 0.5) is 0 Å². The number of carbonyl (C=O) groups is 2. The molecule has 1 aliphatic carbocycles. The summed E-state index contributed by atoms with van der Waals surface area (Å²) in [6.07, 6.45) is 1.70. The summed E-state index contributed by atoms with van der Waals surface area (Å²) in [6, 6.07) is 12.7. The van der Waals surface area contributed by atoms with Crippen molar-refractivity contribution in [2.75, 3.05) is 39.6 Å². The van der Waals surface area contributed by atoms with Crippen LogP contribution in [0.25, 0.3) is 21.3 Å². The predicted octanol–water partition coefficient (Wildman–Crippen LogP) is 1.69. The van der Waals surface area contributed by atoms with Crippen molar-refractivity contribution in [3.8, 4) is 11.1 Å². The molecular weight excluding hydrogens is 577 g/mol. The normalized spacial score (nSPS) is 15.2. The third-order valence-corrected chi connectivity index (χ3v) is 10.2. The Morgan fingerprint density at radius 2 is 1.85 bits per heavy atom. The van der Waals surface area contributed by atoms with Crippen LogP contribution in [0.3, 0.4) is 0 Å². The van der Waals surface area contributed by atoms with Gasteiger partial charge >= 0.3 is 0 Å². The summed E-state index contributed by atoms with van der Waals surface area (Å²) in [6.45, 7) is 0.614. The highest BCUT2D eigenvalue weighted by atomic mass is 32.2. The van der Waals surface area contributed by atoms with Crippen molar-refractivity contribution in [1.29, 1.82) is 0 Å². The maximum Gasteiger partial charge on any atom is 0.253 e. The zero-order chi connectivity index (χ0) is 29.1. The molecule has 216 valence electrons. The molecule has 3 N–H and O–H groups in total. The van der Waals surface area contributed by atoms with Gasteiger partial charge in [-0.2, -0.15) is 0 Å². The predicted molar refractivity (Wildman–Crippen MR) is 154 cm³/mol. The number of nitrogens with two attached hydrogens (primary N) is 1. The van der Waals surface area contributed by atoms with Crippen LogP contribution in [0.2, 0.25) is 0 Å². The van der Waals surface area contributed by atoms with Crippen LogP contribution in [0, 0.1) is 5.92 Å². The van der Waals surface area contributed by atoms with E-state index in [1.54, 1.807) is 37.3 Å². The number of likely N-dealkylation sites (N-methyl/N-ethyl adjacent to an activating group) is 1. The first-order valence-electron chi connectivity index (χ1n) is 12.6. The maximum absolute atomic E-state index is 13.3. The number of ether oxygens (including phenoxy) is 1. The van der Waals surface area contributed by atoms with Crippen LogP contribution in [-0.4, -0.2) is 78.1 Å². The van der Waals surface area contributed by atoms with Gasteiger partial charge in [-0.15, -0.1) is 11.3 Å². The van der Waals surface area contributed by atoms with Crippen molar-refractivity contribution < 1.29 is 31.2 Å². The fraction of sp³-hybridized carbons (Fsp3) is 0.423. The molecule has 1 atom stereocenters. The summed E-state index contributed by atoms with van der Waals surface area (Å²) in [7, 11) is -3.84. The Bertz CT molecular complexity index is 1570. The number of amides is 2. The third-order valence-electron chi connectivity index (χ3n) is 6.83. The van der Waals surface area contributed by atoms with Crippen molar-refractivity contribution in [2.24, 2.45) is 11.1 Å². The van der Waals surface area contributed by atoms with Gasteiger partial charge in [-0.1, -0.05) is 31.0 Å². The number of thiazole rings is 1. The van der Waals surface area contributed by atoms with Gasteiger partial charge in [0.05, 0.1) is 22.6 Å². The van der Waals surface area contributed by atoms with Crippen LogP contribution in [0.5, 0.6) is 0 Å². The van der Waals surface area contributed by atoms with E-state index in [4.69, 9.17) is 9.88 Å².